The summed E-state index contributed by atoms with van der Waals surface area (Å²) in [5.74, 6) is -0.475. The molecular weight excluding hydrogens is 307 g/mol. The number of hydrogen-bond donors (Lipinski definition) is 1. The Hall–Kier alpha value is -3.15. The number of carbonyl (C=O) groups is 1. The topological polar surface area (TPSA) is 50.2 Å². The number of nitrogens with one attached hydrogen (secondary N) is 1. The first-order valence-electron chi connectivity index (χ1n) is 7.47. The minimum Gasteiger partial charge on any atom is -0.324 e. The van der Waals surface area contributed by atoms with Crippen LogP contribution in [0.3, 0.4) is 0 Å². The van der Waals surface area contributed by atoms with Crippen LogP contribution in [0.5, 0.6) is 0 Å². The maximum absolute atomic E-state index is 14.0. The number of halogens is 1. The Morgan fingerprint density at radius 3 is 2.62 bits per heavy atom. The summed E-state index contributed by atoms with van der Waals surface area (Å²) < 4.78 is 15.9. The second-order valence-electron chi connectivity index (χ2n) is 5.40. The number of rotatable bonds is 4. The molecule has 0 aliphatic rings. The average Bonchev–Trinajstić information content (AvgIpc) is 3.12. The Kier molecular flexibility index (Phi) is 4.56. The molecular formula is C18H17FN4O. The zero-order valence-corrected chi connectivity index (χ0v) is 13.2. The van der Waals surface area contributed by atoms with Gasteiger partial charge >= 0.3 is 6.03 Å². The van der Waals surface area contributed by atoms with Crippen molar-refractivity contribution in [3.63, 3.8) is 0 Å². The van der Waals surface area contributed by atoms with Crippen LogP contribution >= 0.6 is 0 Å². The summed E-state index contributed by atoms with van der Waals surface area (Å²) in [6.45, 7) is 0.410. The Balaban J connectivity index is 1.73. The zero-order chi connectivity index (χ0) is 16.9. The van der Waals surface area contributed by atoms with Gasteiger partial charge in [-0.2, -0.15) is 0 Å². The summed E-state index contributed by atoms with van der Waals surface area (Å²) in [5, 5.41) is 2.62. The highest BCUT2D eigenvalue weighted by Gasteiger charge is 2.13. The first-order chi connectivity index (χ1) is 11.6. The van der Waals surface area contributed by atoms with E-state index in [1.165, 1.54) is 11.0 Å². The summed E-state index contributed by atoms with van der Waals surface area (Å²) in [6, 6.07) is 11.6. The Labute approximate surface area is 139 Å². The Morgan fingerprint density at radius 2 is 1.92 bits per heavy atom. The van der Waals surface area contributed by atoms with Gasteiger partial charge in [-0.1, -0.05) is 0 Å². The molecule has 0 fully saturated rings. The van der Waals surface area contributed by atoms with E-state index < -0.39 is 5.82 Å². The lowest BCUT2D eigenvalue weighted by Crippen LogP contribution is -2.31. The van der Waals surface area contributed by atoms with Crippen molar-refractivity contribution in [3.05, 3.63) is 78.6 Å². The van der Waals surface area contributed by atoms with Crippen molar-refractivity contribution in [2.45, 2.75) is 6.54 Å². The van der Waals surface area contributed by atoms with E-state index in [-0.39, 0.29) is 11.7 Å². The van der Waals surface area contributed by atoms with Crippen LogP contribution in [0.1, 0.15) is 5.56 Å². The Bertz CT molecular complexity index is 818. The van der Waals surface area contributed by atoms with Gasteiger partial charge < -0.3 is 14.8 Å². The lowest BCUT2D eigenvalue weighted by Gasteiger charge is -2.18. The van der Waals surface area contributed by atoms with E-state index in [4.69, 9.17) is 0 Å². The smallest absolute Gasteiger partial charge is 0.321 e. The lowest BCUT2D eigenvalue weighted by molar-refractivity contribution is 0.220. The van der Waals surface area contributed by atoms with Gasteiger partial charge in [0, 0.05) is 44.1 Å². The molecule has 0 aliphatic carbocycles. The van der Waals surface area contributed by atoms with Crippen molar-refractivity contribution < 1.29 is 9.18 Å². The minimum atomic E-state index is -0.475. The minimum absolute atomic E-state index is 0.146. The van der Waals surface area contributed by atoms with Crippen molar-refractivity contribution in [1.82, 2.24) is 14.5 Å². The van der Waals surface area contributed by atoms with Crippen LogP contribution in [-0.2, 0) is 6.54 Å². The van der Waals surface area contributed by atoms with Gasteiger partial charge in [0.05, 0.1) is 5.69 Å². The number of urea groups is 1. The predicted octanol–water partition coefficient (Wildman–Crippen LogP) is 3.68. The number of anilines is 1. The first kappa shape index (κ1) is 15.7. The standard InChI is InChI=1S/C18H17FN4O/c1-22(13-14-6-8-20-9-7-14)18(24)21-17-12-15(4-5-16(17)19)23-10-2-3-11-23/h2-12H,13H2,1H3,(H,21,24). The van der Waals surface area contributed by atoms with Gasteiger partial charge in [-0.3, -0.25) is 4.98 Å². The maximum Gasteiger partial charge on any atom is 0.321 e. The molecule has 24 heavy (non-hydrogen) atoms. The molecule has 122 valence electrons. The third-order valence-electron chi connectivity index (χ3n) is 3.61. The van der Waals surface area contributed by atoms with Crippen molar-refractivity contribution in [2.75, 3.05) is 12.4 Å². The highest BCUT2D eigenvalue weighted by atomic mass is 19.1. The second kappa shape index (κ2) is 6.95. The van der Waals surface area contributed by atoms with E-state index in [9.17, 15) is 9.18 Å². The van der Waals surface area contributed by atoms with Gasteiger partial charge in [-0.05, 0) is 48.0 Å². The Morgan fingerprint density at radius 1 is 1.21 bits per heavy atom. The van der Waals surface area contributed by atoms with E-state index >= 15 is 0 Å². The number of amides is 2. The molecule has 2 amide bonds. The fourth-order valence-corrected chi connectivity index (χ4v) is 2.32. The molecule has 3 aromatic rings. The molecule has 0 saturated carbocycles. The third-order valence-corrected chi connectivity index (χ3v) is 3.61. The van der Waals surface area contributed by atoms with Crippen molar-refractivity contribution in [1.29, 1.82) is 0 Å². The number of aromatic nitrogens is 2. The van der Waals surface area contributed by atoms with Gasteiger partial charge in [-0.15, -0.1) is 0 Å². The van der Waals surface area contributed by atoms with E-state index in [1.54, 1.807) is 31.6 Å². The largest absolute Gasteiger partial charge is 0.324 e. The van der Waals surface area contributed by atoms with Gasteiger partial charge in [0.25, 0.3) is 0 Å². The first-order valence-corrected chi connectivity index (χ1v) is 7.47. The molecule has 0 radical (unpaired) electrons. The molecule has 0 saturated heterocycles. The molecule has 2 aromatic heterocycles. The molecule has 0 bridgehead atoms. The SMILES string of the molecule is CN(Cc1ccncc1)C(=O)Nc1cc(-n2cccc2)ccc1F. The van der Waals surface area contributed by atoms with Gasteiger partial charge in [0.15, 0.2) is 0 Å². The van der Waals surface area contributed by atoms with E-state index in [1.807, 2.05) is 41.2 Å². The van der Waals surface area contributed by atoms with E-state index in [0.29, 0.717) is 6.54 Å². The number of carbonyl (C=O) groups excluding carboxylic acids is 1. The average molecular weight is 324 g/mol. The fraction of sp³-hybridized carbons (Fsp3) is 0.111. The van der Waals surface area contributed by atoms with Crippen LogP contribution in [0, 0.1) is 5.82 Å². The molecule has 0 aliphatic heterocycles. The fourth-order valence-electron chi connectivity index (χ4n) is 2.32. The van der Waals surface area contributed by atoms with Crippen molar-refractivity contribution in [2.24, 2.45) is 0 Å². The molecule has 2 heterocycles. The number of pyridine rings is 1. The zero-order valence-electron chi connectivity index (χ0n) is 13.2. The van der Waals surface area contributed by atoms with Crippen molar-refractivity contribution >= 4 is 11.7 Å². The highest BCUT2D eigenvalue weighted by Crippen LogP contribution is 2.19. The molecule has 0 atom stereocenters. The van der Waals surface area contributed by atoms with E-state index in [2.05, 4.69) is 10.3 Å². The third kappa shape index (κ3) is 3.60. The number of hydrogen-bond acceptors (Lipinski definition) is 2. The van der Waals surface area contributed by atoms with Crippen molar-refractivity contribution in [3.8, 4) is 5.69 Å². The molecule has 3 rings (SSSR count). The summed E-state index contributed by atoms with van der Waals surface area (Å²) in [7, 11) is 1.66. The molecule has 6 heteroatoms. The summed E-state index contributed by atoms with van der Waals surface area (Å²) in [6.07, 6.45) is 7.05. The summed E-state index contributed by atoms with van der Waals surface area (Å²) in [4.78, 5) is 17.7. The van der Waals surface area contributed by atoms with Crippen LogP contribution in [0.25, 0.3) is 5.69 Å². The highest BCUT2D eigenvalue weighted by molar-refractivity contribution is 5.89. The lowest BCUT2D eigenvalue weighted by atomic mass is 10.2. The van der Waals surface area contributed by atoms with Crippen LogP contribution in [0.2, 0.25) is 0 Å². The number of benzene rings is 1. The summed E-state index contributed by atoms with van der Waals surface area (Å²) in [5.41, 5.74) is 1.87. The van der Waals surface area contributed by atoms with Gasteiger partial charge in [0.2, 0.25) is 0 Å². The van der Waals surface area contributed by atoms with Crippen LogP contribution in [-0.4, -0.2) is 27.5 Å². The molecule has 1 N–H and O–H groups in total. The second-order valence-corrected chi connectivity index (χ2v) is 5.40. The maximum atomic E-state index is 14.0. The van der Waals surface area contributed by atoms with Crippen LogP contribution in [0.15, 0.2) is 67.3 Å². The number of nitrogens with zero attached hydrogens (tertiary/aromatic N) is 3. The summed E-state index contributed by atoms with van der Waals surface area (Å²) >= 11 is 0. The molecule has 5 nitrogen and oxygen atoms in total. The van der Waals surface area contributed by atoms with Gasteiger partial charge in [-0.25, -0.2) is 9.18 Å². The quantitative estimate of drug-likeness (QED) is 0.796. The monoisotopic (exact) mass is 324 g/mol. The van der Waals surface area contributed by atoms with Crippen LogP contribution in [0.4, 0.5) is 14.9 Å². The predicted molar refractivity (Wildman–Crippen MR) is 90.4 cm³/mol. The van der Waals surface area contributed by atoms with Gasteiger partial charge in [0.1, 0.15) is 5.82 Å². The normalized spacial score (nSPS) is 10.4. The van der Waals surface area contributed by atoms with Crippen LogP contribution < -0.4 is 5.32 Å². The molecule has 0 unspecified atom stereocenters. The molecule has 0 spiro atoms. The van der Waals surface area contributed by atoms with E-state index in [0.717, 1.165) is 11.3 Å². The molecule has 1 aromatic carbocycles.